The van der Waals surface area contributed by atoms with Gasteiger partial charge >= 0.3 is 5.97 Å². The number of hydrogen-bond donors (Lipinski definition) is 2. The van der Waals surface area contributed by atoms with Crippen LogP contribution in [0.4, 0.5) is 0 Å². The van der Waals surface area contributed by atoms with Gasteiger partial charge in [-0.05, 0) is 57.1 Å². The number of ether oxygens (including phenoxy) is 2. The average Bonchev–Trinajstić information content (AvgIpc) is 2.80. The maximum atomic E-state index is 13.2. The molecule has 1 saturated heterocycles. The van der Waals surface area contributed by atoms with E-state index >= 15 is 0 Å². The summed E-state index contributed by atoms with van der Waals surface area (Å²) < 4.78 is 11.6. The number of hydrogen-bond acceptors (Lipinski definition) is 7. The van der Waals surface area contributed by atoms with Crippen LogP contribution in [0.3, 0.4) is 0 Å². The van der Waals surface area contributed by atoms with Gasteiger partial charge in [0, 0.05) is 31.1 Å². The summed E-state index contributed by atoms with van der Waals surface area (Å²) in [5.74, 6) is -1.04. The topological polar surface area (TPSA) is 97.6 Å². The molecule has 0 saturated carbocycles. The molecule has 2 heterocycles. The van der Waals surface area contributed by atoms with Gasteiger partial charge in [0.25, 0.3) is 0 Å². The Morgan fingerprint density at radius 2 is 1.97 bits per heavy atom. The van der Waals surface area contributed by atoms with E-state index in [-0.39, 0.29) is 35.7 Å². The van der Waals surface area contributed by atoms with Crippen molar-refractivity contribution in [3.05, 3.63) is 47.1 Å². The lowest BCUT2D eigenvalue weighted by Gasteiger charge is -2.27. The SMILES string of the molecule is CCCCO/N=C1/C=C/CC/C=C/C[C@@H](C)OC(=O)c2c(O)cc(O)c(C3CCCCO3)c2C1. The molecule has 2 N–H and O–H groups in total. The Morgan fingerprint density at radius 3 is 2.74 bits per heavy atom. The number of unbranched alkanes of at least 4 members (excludes halogenated alkanes) is 1. The first-order valence-corrected chi connectivity index (χ1v) is 12.4. The molecule has 7 heteroatoms. The number of rotatable bonds is 5. The number of esters is 1. The van der Waals surface area contributed by atoms with Crippen molar-refractivity contribution >= 4 is 11.7 Å². The van der Waals surface area contributed by atoms with Gasteiger partial charge in [-0.15, -0.1) is 0 Å². The third-order valence-electron chi connectivity index (χ3n) is 6.02. The number of carbonyl (C=O) groups excluding carboxylic acids is 1. The molecule has 0 amide bonds. The third kappa shape index (κ3) is 7.10. The van der Waals surface area contributed by atoms with E-state index in [9.17, 15) is 15.0 Å². The summed E-state index contributed by atoms with van der Waals surface area (Å²) in [7, 11) is 0. The summed E-state index contributed by atoms with van der Waals surface area (Å²) in [6, 6.07) is 1.21. The summed E-state index contributed by atoms with van der Waals surface area (Å²) in [6.07, 6.45) is 14.2. The van der Waals surface area contributed by atoms with Gasteiger partial charge < -0.3 is 24.5 Å². The van der Waals surface area contributed by atoms with Crippen LogP contribution < -0.4 is 0 Å². The number of phenols is 2. The lowest BCUT2D eigenvalue weighted by atomic mass is 9.88. The molecule has 186 valence electrons. The summed E-state index contributed by atoms with van der Waals surface area (Å²) >= 11 is 0. The predicted octanol–water partition coefficient (Wildman–Crippen LogP) is 5.90. The molecule has 0 aliphatic carbocycles. The second-order valence-corrected chi connectivity index (χ2v) is 8.89. The Balaban J connectivity index is 2.10. The number of fused-ring (bicyclic) bond motifs is 1. The van der Waals surface area contributed by atoms with Crippen molar-refractivity contribution in [1.29, 1.82) is 0 Å². The summed E-state index contributed by atoms with van der Waals surface area (Å²) in [5.41, 5.74) is 1.63. The van der Waals surface area contributed by atoms with Crippen LogP contribution in [0.25, 0.3) is 0 Å². The Morgan fingerprint density at radius 1 is 1.15 bits per heavy atom. The average molecular weight is 472 g/mol. The summed E-state index contributed by atoms with van der Waals surface area (Å²) in [4.78, 5) is 18.8. The molecule has 0 spiro atoms. The molecule has 1 aromatic rings. The molecule has 2 atom stereocenters. The highest BCUT2D eigenvalue weighted by molar-refractivity contribution is 6.01. The lowest BCUT2D eigenvalue weighted by molar-refractivity contribution is 0.0129. The van der Waals surface area contributed by atoms with Gasteiger partial charge in [0.15, 0.2) is 0 Å². The van der Waals surface area contributed by atoms with Crippen molar-refractivity contribution in [1.82, 2.24) is 0 Å². The van der Waals surface area contributed by atoms with Crippen LogP contribution in [0.1, 0.15) is 92.8 Å². The third-order valence-corrected chi connectivity index (χ3v) is 6.02. The molecular formula is C27H37NO6. The van der Waals surface area contributed by atoms with Crippen molar-refractivity contribution < 1.29 is 29.3 Å². The fourth-order valence-corrected chi connectivity index (χ4v) is 4.21. The quantitative estimate of drug-likeness (QED) is 0.240. The fraction of sp³-hybridized carbons (Fsp3) is 0.556. The van der Waals surface area contributed by atoms with Gasteiger partial charge in [0.2, 0.25) is 0 Å². The summed E-state index contributed by atoms with van der Waals surface area (Å²) in [5, 5.41) is 25.9. The number of cyclic esters (lactones) is 1. The van der Waals surface area contributed by atoms with Crippen LogP contribution in [-0.2, 0) is 20.7 Å². The Labute approximate surface area is 202 Å². The number of oxime groups is 1. The van der Waals surface area contributed by atoms with Gasteiger partial charge in [-0.2, -0.15) is 0 Å². The highest BCUT2D eigenvalue weighted by Crippen LogP contribution is 2.41. The smallest absolute Gasteiger partial charge is 0.342 e. The molecular weight excluding hydrogens is 434 g/mol. The molecule has 1 fully saturated rings. The van der Waals surface area contributed by atoms with E-state index in [4.69, 9.17) is 14.3 Å². The molecule has 2 aliphatic heterocycles. The zero-order valence-corrected chi connectivity index (χ0v) is 20.3. The van der Waals surface area contributed by atoms with Crippen LogP contribution in [0.5, 0.6) is 11.5 Å². The van der Waals surface area contributed by atoms with E-state index in [1.165, 1.54) is 6.07 Å². The van der Waals surface area contributed by atoms with Gasteiger partial charge in [0.1, 0.15) is 29.8 Å². The predicted molar refractivity (Wildman–Crippen MR) is 131 cm³/mol. The van der Waals surface area contributed by atoms with Crippen LogP contribution in [-0.4, -0.2) is 41.2 Å². The first-order chi connectivity index (χ1) is 16.5. The second kappa shape index (κ2) is 13.2. The molecule has 34 heavy (non-hydrogen) atoms. The number of phenolic OH excluding ortho intramolecular Hbond substituents is 2. The maximum Gasteiger partial charge on any atom is 0.342 e. The molecule has 0 aromatic heterocycles. The molecule has 1 aromatic carbocycles. The van der Waals surface area contributed by atoms with Crippen LogP contribution in [0.15, 0.2) is 35.5 Å². The number of benzene rings is 1. The number of carbonyl (C=O) groups is 1. The van der Waals surface area contributed by atoms with E-state index in [2.05, 4.69) is 18.2 Å². The first kappa shape index (κ1) is 25.8. The fourth-order valence-electron chi connectivity index (χ4n) is 4.21. The minimum absolute atomic E-state index is 0.0459. The Bertz CT molecular complexity index is 914. The molecule has 3 rings (SSSR count). The van der Waals surface area contributed by atoms with E-state index in [1.54, 1.807) is 0 Å². The normalized spacial score (nSPS) is 25.1. The van der Waals surface area contributed by atoms with E-state index in [0.717, 1.165) is 44.9 Å². The lowest BCUT2D eigenvalue weighted by Crippen LogP contribution is -2.21. The highest BCUT2D eigenvalue weighted by atomic mass is 16.6. The zero-order valence-electron chi connectivity index (χ0n) is 20.3. The minimum Gasteiger partial charge on any atom is -0.507 e. The largest absolute Gasteiger partial charge is 0.507 e. The van der Waals surface area contributed by atoms with E-state index < -0.39 is 5.97 Å². The van der Waals surface area contributed by atoms with Gasteiger partial charge in [0.05, 0.1) is 11.8 Å². The van der Waals surface area contributed by atoms with Crippen LogP contribution in [0.2, 0.25) is 0 Å². The number of aromatic hydroxyl groups is 2. The van der Waals surface area contributed by atoms with Crippen molar-refractivity contribution in [3.8, 4) is 11.5 Å². The number of allylic oxidation sites excluding steroid dienone is 3. The Kier molecular flexibility index (Phi) is 10.0. The molecule has 1 unspecified atom stereocenters. The standard InChI is InChI=1S/C27H37NO6/c1-3-4-16-33-28-20-13-9-7-5-6-8-12-19(2)34-27(31)26-21(17-20)25(22(29)18-23(26)30)24-14-10-11-15-32-24/h6,8-9,13,18-19,24,29-30H,3-5,7,10-12,14-17H2,1-2H3/b8-6+,13-9+,28-20-/t19-,24?/m1/s1. The molecule has 0 radical (unpaired) electrons. The highest BCUT2D eigenvalue weighted by Gasteiger charge is 2.31. The zero-order chi connectivity index (χ0) is 24.3. The van der Waals surface area contributed by atoms with Crippen LogP contribution in [0, 0.1) is 0 Å². The molecule has 0 bridgehead atoms. The van der Waals surface area contributed by atoms with Crippen molar-refractivity contribution in [2.75, 3.05) is 13.2 Å². The molecule has 7 nitrogen and oxygen atoms in total. The van der Waals surface area contributed by atoms with E-state index in [1.807, 2.05) is 25.2 Å². The van der Waals surface area contributed by atoms with E-state index in [0.29, 0.717) is 36.5 Å². The van der Waals surface area contributed by atoms with Crippen molar-refractivity contribution in [2.24, 2.45) is 5.16 Å². The van der Waals surface area contributed by atoms with Gasteiger partial charge in [-0.3, -0.25) is 0 Å². The van der Waals surface area contributed by atoms with Crippen molar-refractivity contribution in [2.45, 2.75) is 83.8 Å². The van der Waals surface area contributed by atoms with Gasteiger partial charge in [-0.25, -0.2) is 4.79 Å². The minimum atomic E-state index is -0.627. The monoisotopic (exact) mass is 471 g/mol. The number of nitrogens with zero attached hydrogens (tertiary/aromatic N) is 1. The van der Waals surface area contributed by atoms with Crippen molar-refractivity contribution in [3.63, 3.8) is 0 Å². The van der Waals surface area contributed by atoms with Gasteiger partial charge in [-0.1, -0.05) is 36.7 Å². The second-order valence-electron chi connectivity index (χ2n) is 8.89. The molecule has 2 aliphatic rings. The summed E-state index contributed by atoms with van der Waals surface area (Å²) in [6.45, 7) is 4.97. The maximum absolute atomic E-state index is 13.2. The first-order valence-electron chi connectivity index (χ1n) is 12.4. The van der Waals surface area contributed by atoms with Crippen LogP contribution >= 0.6 is 0 Å². The Hall–Kier alpha value is -2.80.